The normalized spacial score (nSPS) is 38.6. The van der Waals surface area contributed by atoms with E-state index in [-0.39, 0.29) is 0 Å². The van der Waals surface area contributed by atoms with Gasteiger partial charge in [0.2, 0.25) is 0 Å². The molecular formula is C16H26S. The number of hydrogen-bond acceptors (Lipinski definition) is 1. The number of allylic oxidation sites excluding steroid dienone is 2. The Kier molecular flexibility index (Phi) is 5.21. The molecule has 0 aromatic heterocycles. The Balaban J connectivity index is 1.68. The number of hydrogen-bond donors (Lipinski definition) is 0. The van der Waals surface area contributed by atoms with Gasteiger partial charge in [-0.1, -0.05) is 12.2 Å². The molecular weight excluding hydrogens is 224 g/mol. The first kappa shape index (κ1) is 13.3. The maximum absolute atomic E-state index is 3.93. The number of rotatable bonds is 4. The molecule has 2 aliphatic rings. The summed E-state index contributed by atoms with van der Waals surface area (Å²) in [6.45, 7) is 7.85. The lowest BCUT2D eigenvalue weighted by Gasteiger charge is -2.32. The maximum atomic E-state index is 3.93. The monoisotopic (exact) mass is 250 g/mol. The molecule has 0 N–H and O–H groups in total. The summed E-state index contributed by atoms with van der Waals surface area (Å²) in [5.74, 6) is 1.62. The topological polar surface area (TPSA) is 0 Å². The Bertz CT molecular complexity index is 216. The maximum Gasteiger partial charge on any atom is 0.00502 e. The van der Waals surface area contributed by atoms with E-state index >= 15 is 0 Å². The van der Waals surface area contributed by atoms with Crippen LogP contribution >= 0.6 is 11.8 Å². The largest absolute Gasteiger partial charge is 0.155 e. The summed E-state index contributed by atoms with van der Waals surface area (Å²) in [6.07, 6.45) is 15.5. The molecule has 0 aromatic rings. The fraction of sp³-hybridized carbons (Fsp3) is 0.750. The smallest absolute Gasteiger partial charge is 0.00502 e. The molecule has 0 atom stereocenters. The lowest BCUT2D eigenvalue weighted by molar-refractivity contribution is 0.413. The summed E-state index contributed by atoms with van der Waals surface area (Å²) < 4.78 is 0. The first-order valence-corrected chi connectivity index (χ1v) is 8.16. The highest BCUT2D eigenvalue weighted by atomic mass is 32.2. The van der Waals surface area contributed by atoms with E-state index in [4.69, 9.17) is 0 Å². The zero-order valence-electron chi connectivity index (χ0n) is 10.9. The predicted octanol–water partition coefficient (Wildman–Crippen LogP) is 5.21. The lowest BCUT2D eigenvalue weighted by atomic mass is 9.89. The summed E-state index contributed by atoms with van der Waals surface area (Å²) in [4.78, 5) is 0. The van der Waals surface area contributed by atoms with E-state index in [2.05, 4.69) is 37.1 Å². The third kappa shape index (κ3) is 3.91. The molecule has 2 rings (SSSR count). The molecule has 0 bridgehead atoms. The van der Waals surface area contributed by atoms with Crippen LogP contribution in [0.5, 0.6) is 0 Å². The highest BCUT2D eigenvalue weighted by molar-refractivity contribution is 8.00. The van der Waals surface area contributed by atoms with Crippen molar-refractivity contribution >= 4 is 11.8 Å². The van der Waals surface area contributed by atoms with Gasteiger partial charge in [-0.2, -0.15) is 11.8 Å². The van der Waals surface area contributed by atoms with Crippen LogP contribution in [0.25, 0.3) is 0 Å². The molecule has 0 unspecified atom stereocenters. The SMILES string of the molecule is C=CC1CCC(SC2CCC(C=C)CC2)CC1. The van der Waals surface area contributed by atoms with Crippen molar-refractivity contribution in [3.63, 3.8) is 0 Å². The fourth-order valence-electron chi connectivity index (χ4n) is 3.19. The molecule has 0 nitrogen and oxygen atoms in total. The van der Waals surface area contributed by atoms with Crippen LogP contribution in [0, 0.1) is 11.8 Å². The summed E-state index contributed by atoms with van der Waals surface area (Å²) in [5, 5.41) is 1.88. The summed E-state index contributed by atoms with van der Waals surface area (Å²) in [7, 11) is 0. The van der Waals surface area contributed by atoms with Gasteiger partial charge in [-0.05, 0) is 63.2 Å². The molecule has 2 aliphatic carbocycles. The third-order valence-electron chi connectivity index (χ3n) is 4.49. The highest BCUT2D eigenvalue weighted by Gasteiger charge is 2.25. The van der Waals surface area contributed by atoms with E-state index in [9.17, 15) is 0 Å². The standard InChI is InChI=1S/C16H26S/c1-3-13-5-9-15(10-6-13)17-16-11-7-14(4-2)8-12-16/h3-4,13-16H,1-2,5-12H2. The minimum absolute atomic E-state index is 0.809. The van der Waals surface area contributed by atoms with Crippen molar-refractivity contribution in [1.29, 1.82) is 0 Å². The second kappa shape index (κ2) is 6.68. The van der Waals surface area contributed by atoms with E-state index in [1.165, 1.54) is 51.4 Å². The van der Waals surface area contributed by atoms with Crippen molar-refractivity contribution < 1.29 is 0 Å². The molecule has 17 heavy (non-hydrogen) atoms. The van der Waals surface area contributed by atoms with Crippen molar-refractivity contribution in [2.24, 2.45) is 11.8 Å². The van der Waals surface area contributed by atoms with Gasteiger partial charge in [-0.25, -0.2) is 0 Å². The van der Waals surface area contributed by atoms with Crippen molar-refractivity contribution in [3.8, 4) is 0 Å². The first-order valence-electron chi connectivity index (χ1n) is 7.22. The van der Waals surface area contributed by atoms with Gasteiger partial charge >= 0.3 is 0 Å². The van der Waals surface area contributed by atoms with E-state index < -0.39 is 0 Å². The zero-order chi connectivity index (χ0) is 12.1. The van der Waals surface area contributed by atoms with E-state index in [1.54, 1.807) is 0 Å². The molecule has 0 spiro atoms. The zero-order valence-corrected chi connectivity index (χ0v) is 11.8. The minimum Gasteiger partial charge on any atom is -0.155 e. The van der Waals surface area contributed by atoms with Gasteiger partial charge in [0, 0.05) is 10.5 Å². The molecule has 1 heteroatoms. The van der Waals surface area contributed by atoms with Crippen LogP contribution in [0.2, 0.25) is 0 Å². The van der Waals surface area contributed by atoms with Crippen LogP contribution in [0.4, 0.5) is 0 Å². The van der Waals surface area contributed by atoms with Crippen molar-refractivity contribution in [2.75, 3.05) is 0 Å². The Labute approximate surface area is 111 Å². The molecule has 96 valence electrons. The quantitative estimate of drug-likeness (QED) is 0.617. The van der Waals surface area contributed by atoms with Crippen molar-refractivity contribution in [3.05, 3.63) is 25.3 Å². The molecule has 0 saturated heterocycles. The van der Waals surface area contributed by atoms with Crippen LogP contribution in [0.3, 0.4) is 0 Å². The molecule has 2 saturated carbocycles. The number of thioether (sulfide) groups is 1. The van der Waals surface area contributed by atoms with Gasteiger partial charge in [0.05, 0.1) is 0 Å². The van der Waals surface area contributed by atoms with Crippen LogP contribution in [0.15, 0.2) is 25.3 Å². The van der Waals surface area contributed by atoms with E-state index in [0.717, 1.165) is 22.3 Å². The summed E-state index contributed by atoms with van der Waals surface area (Å²) in [5.41, 5.74) is 0. The van der Waals surface area contributed by atoms with Gasteiger partial charge < -0.3 is 0 Å². The van der Waals surface area contributed by atoms with Gasteiger partial charge in [-0.15, -0.1) is 13.2 Å². The van der Waals surface area contributed by atoms with Gasteiger partial charge in [0.1, 0.15) is 0 Å². The minimum atomic E-state index is 0.809. The van der Waals surface area contributed by atoms with Crippen molar-refractivity contribution in [1.82, 2.24) is 0 Å². The molecule has 0 amide bonds. The predicted molar refractivity (Wildman–Crippen MR) is 79.5 cm³/mol. The Hall–Kier alpha value is -0.170. The second-order valence-corrected chi connectivity index (χ2v) is 7.29. The van der Waals surface area contributed by atoms with Crippen LogP contribution in [-0.2, 0) is 0 Å². The van der Waals surface area contributed by atoms with E-state index in [0.29, 0.717) is 0 Å². The molecule has 0 aliphatic heterocycles. The van der Waals surface area contributed by atoms with E-state index in [1.807, 2.05) is 0 Å². The van der Waals surface area contributed by atoms with Crippen molar-refractivity contribution in [2.45, 2.75) is 61.9 Å². The summed E-state index contributed by atoms with van der Waals surface area (Å²) in [6, 6.07) is 0. The fourth-order valence-corrected chi connectivity index (χ4v) is 4.83. The van der Waals surface area contributed by atoms with Crippen LogP contribution in [0.1, 0.15) is 51.4 Å². The Morgan fingerprint density at radius 1 is 0.647 bits per heavy atom. The molecule has 0 heterocycles. The second-order valence-electron chi connectivity index (χ2n) is 5.68. The molecule has 0 aromatic carbocycles. The average Bonchev–Trinajstić information content (AvgIpc) is 2.40. The first-order chi connectivity index (χ1) is 8.31. The van der Waals surface area contributed by atoms with Crippen LogP contribution in [-0.4, -0.2) is 10.5 Å². The Morgan fingerprint density at radius 2 is 1.00 bits per heavy atom. The lowest BCUT2D eigenvalue weighted by Crippen LogP contribution is -2.21. The Morgan fingerprint density at radius 3 is 1.29 bits per heavy atom. The van der Waals surface area contributed by atoms with Gasteiger partial charge in [0.25, 0.3) is 0 Å². The van der Waals surface area contributed by atoms with Crippen LogP contribution < -0.4 is 0 Å². The molecule has 2 fully saturated rings. The van der Waals surface area contributed by atoms with Gasteiger partial charge in [-0.3, -0.25) is 0 Å². The third-order valence-corrected chi connectivity index (χ3v) is 6.20. The average molecular weight is 250 g/mol. The molecule has 0 radical (unpaired) electrons. The highest BCUT2D eigenvalue weighted by Crippen LogP contribution is 2.39. The van der Waals surface area contributed by atoms with Gasteiger partial charge in [0.15, 0.2) is 0 Å². The summed E-state index contributed by atoms with van der Waals surface area (Å²) >= 11 is 2.30.